The number of fused-ring (bicyclic) bond motifs is 1. The van der Waals surface area contributed by atoms with E-state index in [-0.39, 0.29) is 5.91 Å². The summed E-state index contributed by atoms with van der Waals surface area (Å²) in [5.74, 6) is 2.03. The predicted octanol–water partition coefficient (Wildman–Crippen LogP) is 2.71. The number of ether oxygens (including phenoxy) is 2. The highest BCUT2D eigenvalue weighted by Gasteiger charge is 2.10. The minimum atomic E-state index is -0.148. The summed E-state index contributed by atoms with van der Waals surface area (Å²) in [6.07, 6.45) is 5.45. The number of hydrogen-bond donors (Lipinski definition) is 1. The van der Waals surface area contributed by atoms with Crippen LogP contribution < -0.4 is 14.8 Å². The SMILES string of the molecule is COc1cc(OC)cc(C(=O)NCCCc2ncc3ccccn23)c1. The lowest BCUT2D eigenvalue weighted by Crippen LogP contribution is -2.25. The molecule has 0 bridgehead atoms. The number of pyridine rings is 1. The van der Waals surface area contributed by atoms with E-state index in [0.29, 0.717) is 23.6 Å². The molecule has 0 unspecified atom stereocenters. The van der Waals surface area contributed by atoms with E-state index >= 15 is 0 Å². The average molecular weight is 339 g/mol. The van der Waals surface area contributed by atoms with Gasteiger partial charge in [-0.05, 0) is 30.7 Å². The first-order chi connectivity index (χ1) is 12.2. The third-order valence-corrected chi connectivity index (χ3v) is 3.99. The molecule has 0 saturated carbocycles. The molecule has 0 aliphatic heterocycles. The highest BCUT2D eigenvalue weighted by Crippen LogP contribution is 2.22. The summed E-state index contributed by atoms with van der Waals surface area (Å²) in [6, 6.07) is 11.1. The van der Waals surface area contributed by atoms with Gasteiger partial charge in [0.05, 0.1) is 25.9 Å². The Morgan fingerprint density at radius 1 is 1.16 bits per heavy atom. The van der Waals surface area contributed by atoms with Crippen LogP contribution >= 0.6 is 0 Å². The van der Waals surface area contributed by atoms with Crippen molar-refractivity contribution in [3.05, 3.63) is 60.2 Å². The van der Waals surface area contributed by atoms with Crippen LogP contribution in [0.5, 0.6) is 11.5 Å². The molecule has 0 atom stereocenters. The van der Waals surface area contributed by atoms with Crippen molar-refractivity contribution in [3.8, 4) is 11.5 Å². The molecule has 1 N–H and O–H groups in total. The van der Waals surface area contributed by atoms with Gasteiger partial charge in [0.2, 0.25) is 0 Å². The fourth-order valence-corrected chi connectivity index (χ4v) is 2.67. The van der Waals surface area contributed by atoms with Gasteiger partial charge in [-0.1, -0.05) is 6.07 Å². The van der Waals surface area contributed by atoms with Gasteiger partial charge < -0.3 is 19.2 Å². The summed E-state index contributed by atoms with van der Waals surface area (Å²) in [4.78, 5) is 16.7. The van der Waals surface area contributed by atoms with Crippen LogP contribution in [-0.4, -0.2) is 36.1 Å². The van der Waals surface area contributed by atoms with Crippen LogP contribution in [0.3, 0.4) is 0 Å². The third kappa shape index (κ3) is 3.91. The molecule has 1 amide bonds. The van der Waals surface area contributed by atoms with E-state index in [1.165, 1.54) is 0 Å². The summed E-state index contributed by atoms with van der Waals surface area (Å²) in [5, 5.41) is 2.92. The normalized spacial score (nSPS) is 10.6. The second-order valence-electron chi connectivity index (χ2n) is 5.63. The molecule has 6 heteroatoms. The van der Waals surface area contributed by atoms with Gasteiger partial charge in [0.25, 0.3) is 5.91 Å². The largest absolute Gasteiger partial charge is 0.497 e. The minimum absolute atomic E-state index is 0.148. The van der Waals surface area contributed by atoms with Gasteiger partial charge >= 0.3 is 0 Å². The van der Waals surface area contributed by atoms with Crippen molar-refractivity contribution < 1.29 is 14.3 Å². The lowest BCUT2D eigenvalue weighted by Gasteiger charge is -2.09. The van der Waals surface area contributed by atoms with E-state index in [1.54, 1.807) is 32.4 Å². The molecule has 0 aliphatic rings. The van der Waals surface area contributed by atoms with Gasteiger partial charge in [-0.25, -0.2) is 4.98 Å². The maximum atomic E-state index is 12.3. The second kappa shape index (κ2) is 7.70. The molecular formula is C19H21N3O3. The molecule has 0 saturated heterocycles. The van der Waals surface area contributed by atoms with Crippen LogP contribution in [-0.2, 0) is 6.42 Å². The van der Waals surface area contributed by atoms with E-state index in [2.05, 4.69) is 14.7 Å². The number of rotatable bonds is 7. The molecule has 0 aliphatic carbocycles. The molecular weight excluding hydrogens is 318 g/mol. The molecule has 2 heterocycles. The van der Waals surface area contributed by atoms with Gasteiger partial charge in [-0.3, -0.25) is 4.79 Å². The fraction of sp³-hybridized carbons (Fsp3) is 0.263. The Balaban J connectivity index is 1.56. The van der Waals surface area contributed by atoms with Crippen molar-refractivity contribution in [3.63, 3.8) is 0 Å². The number of nitrogens with one attached hydrogen (secondary N) is 1. The predicted molar refractivity (Wildman–Crippen MR) is 95.4 cm³/mol. The van der Waals surface area contributed by atoms with E-state index in [9.17, 15) is 4.79 Å². The fourth-order valence-electron chi connectivity index (χ4n) is 2.67. The van der Waals surface area contributed by atoms with Gasteiger partial charge in [0, 0.05) is 30.8 Å². The van der Waals surface area contributed by atoms with E-state index < -0.39 is 0 Å². The van der Waals surface area contributed by atoms with E-state index in [0.717, 1.165) is 24.2 Å². The molecule has 0 fully saturated rings. The Bertz CT molecular complexity index is 851. The maximum absolute atomic E-state index is 12.3. The average Bonchev–Trinajstić information content (AvgIpc) is 3.07. The van der Waals surface area contributed by atoms with Gasteiger partial charge in [-0.15, -0.1) is 0 Å². The molecule has 3 aromatic rings. The molecule has 130 valence electrons. The van der Waals surface area contributed by atoms with Crippen LogP contribution in [0.15, 0.2) is 48.8 Å². The Morgan fingerprint density at radius 2 is 1.92 bits per heavy atom. The van der Waals surface area contributed by atoms with Crippen LogP contribution in [0.4, 0.5) is 0 Å². The number of imidazole rings is 1. The Kier molecular flexibility index (Phi) is 5.18. The number of carbonyl (C=O) groups is 1. The van der Waals surface area contributed by atoms with Crippen molar-refractivity contribution in [2.75, 3.05) is 20.8 Å². The number of aryl methyl sites for hydroxylation is 1. The zero-order valence-corrected chi connectivity index (χ0v) is 14.4. The Morgan fingerprint density at radius 3 is 2.64 bits per heavy atom. The molecule has 0 spiro atoms. The van der Waals surface area contributed by atoms with Gasteiger partial charge in [0.1, 0.15) is 17.3 Å². The molecule has 3 rings (SSSR count). The van der Waals surface area contributed by atoms with Crippen molar-refractivity contribution >= 4 is 11.4 Å². The van der Waals surface area contributed by atoms with Crippen molar-refractivity contribution in [1.82, 2.24) is 14.7 Å². The third-order valence-electron chi connectivity index (χ3n) is 3.99. The first-order valence-corrected chi connectivity index (χ1v) is 8.13. The Hall–Kier alpha value is -3.02. The van der Waals surface area contributed by atoms with Gasteiger partial charge in [0.15, 0.2) is 0 Å². The summed E-state index contributed by atoms with van der Waals surface area (Å²) in [6.45, 7) is 0.570. The van der Waals surface area contributed by atoms with Crippen molar-refractivity contribution in [2.24, 2.45) is 0 Å². The molecule has 1 aromatic carbocycles. The number of carbonyl (C=O) groups excluding carboxylic acids is 1. The quantitative estimate of drug-likeness (QED) is 0.672. The zero-order chi connectivity index (χ0) is 17.6. The number of benzene rings is 1. The van der Waals surface area contributed by atoms with Crippen LogP contribution in [0, 0.1) is 0 Å². The second-order valence-corrected chi connectivity index (χ2v) is 5.63. The summed E-state index contributed by atoms with van der Waals surface area (Å²) >= 11 is 0. The summed E-state index contributed by atoms with van der Waals surface area (Å²) in [7, 11) is 3.12. The first kappa shape index (κ1) is 16.8. The smallest absolute Gasteiger partial charge is 0.251 e. The highest BCUT2D eigenvalue weighted by atomic mass is 16.5. The van der Waals surface area contributed by atoms with Crippen LogP contribution in [0.1, 0.15) is 22.6 Å². The van der Waals surface area contributed by atoms with E-state index in [1.807, 2.05) is 30.6 Å². The maximum Gasteiger partial charge on any atom is 0.251 e. The summed E-state index contributed by atoms with van der Waals surface area (Å²) in [5.41, 5.74) is 1.59. The van der Waals surface area contributed by atoms with Crippen molar-refractivity contribution in [2.45, 2.75) is 12.8 Å². The number of methoxy groups -OCH3 is 2. The van der Waals surface area contributed by atoms with Crippen LogP contribution in [0.25, 0.3) is 5.52 Å². The van der Waals surface area contributed by atoms with Crippen LogP contribution in [0.2, 0.25) is 0 Å². The monoisotopic (exact) mass is 339 g/mol. The Labute approximate surface area is 146 Å². The van der Waals surface area contributed by atoms with E-state index in [4.69, 9.17) is 9.47 Å². The number of hydrogen-bond acceptors (Lipinski definition) is 4. The lowest BCUT2D eigenvalue weighted by atomic mass is 10.2. The summed E-state index contributed by atoms with van der Waals surface area (Å²) < 4.78 is 12.4. The highest BCUT2D eigenvalue weighted by molar-refractivity contribution is 5.95. The van der Waals surface area contributed by atoms with Gasteiger partial charge in [-0.2, -0.15) is 0 Å². The van der Waals surface area contributed by atoms with Crippen molar-refractivity contribution in [1.29, 1.82) is 0 Å². The number of aromatic nitrogens is 2. The lowest BCUT2D eigenvalue weighted by molar-refractivity contribution is 0.0952. The minimum Gasteiger partial charge on any atom is -0.497 e. The number of nitrogens with zero attached hydrogens (tertiary/aromatic N) is 2. The molecule has 25 heavy (non-hydrogen) atoms. The standard InChI is InChI=1S/C19H21N3O3/c1-24-16-10-14(11-17(12-16)25-2)19(23)20-8-5-7-18-21-13-15-6-3-4-9-22(15)18/h3-4,6,9-13H,5,7-8H2,1-2H3,(H,20,23). The molecule has 2 aromatic heterocycles. The first-order valence-electron chi connectivity index (χ1n) is 8.13. The molecule has 0 radical (unpaired) electrons. The molecule has 6 nitrogen and oxygen atoms in total. The zero-order valence-electron chi connectivity index (χ0n) is 14.4. The number of amides is 1. The topological polar surface area (TPSA) is 64.9 Å².